The highest BCUT2D eigenvalue weighted by Gasteiger charge is 2.13. The molecule has 3 aromatic carbocycles. The predicted molar refractivity (Wildman–Crippen MR) is 123 cm³/mol. The number of amides is 1. The van der Waals surface area contributed by atoms with E-state index in [1.54, 1.807) is 18.3 Å². The van der Waals surface area contributed by atoms with Crippen LogP contribution in [0, 0.1) is 25.2 Å². The van der Waals surface area contributed by atoms with Crippen molar-refractivity contribution in [3.63, 3.8) is 0 Å². The van der Waals surface area contributed by atoms with Gasteiger partial charge >= 0.3 is 0 Å². The second-order valence-corrected chi connectivity index (χ2v) is 7.43. The van der Waals surface area contributed by atoms with Gasteiger partial charge in [-0.2, -0.15) is 10.4 Å². The number of aromatic nitrogens is 1. The molecular weight excluding hydrogens is 384 g/mol. The van der Waals surface area contributed by atoms with Gasteiger partial charge in [-0.15, -0.1) is 0 Å². The largest absolute Gasteiger partial charge is 0.340 e. The first kappa shape index (κ1) is 20.1. The van der Waals surface area contributed by atoms with Crippen LogP contribution in [0.2, 0.25) is 0 Å². The highest BCUT2D eigenvalue weighted by molar-refractivity contribution is 6.02. The molecule has 0 aliphatic carbocycles. The Hall–Kier alpha value is -4.17. The van der Waals surface area contributed by atoms with Crippen LogP contribution in [0.4, 0.5) is 0 Å². The first-order chi connectivity index (χ1) is 15.1. The third-order valence-corrected chi connectivity index (χ3v) is 5.43. The monoisotopic (exact) mass is 406 g/mol. The third-order valence-electron chi connectivity index (χ3n) is 5.43. The topological polar surface area (TPSA) is 70.2 Å². The summed E-state index contributed by atoms with van der Waals surface area (Å²) in [6.07, 6.45) is 1.70. The number of carbonyl (C=O) groups excluding carboxylic acids is 1. The lowest BCUT2D eigenvalue weighted by Gasteiger charge is -2.09. The van der Waals surface area contributed by atoms with E-state index in [4.69, 9.17) is 0 Å². The molecule has 4 rings (SSSR count). The van der Waals surface area contributed by atoms with Crippen molar-refractivity contribution in [3.05, 3.63) is 106 Å². The number of hydrogen-bond acceptors (Lipinski definition) is 3. The normalized spacial score (nSPS) is 11.0. The van der Waals surface area contributed by atoms with Gasteiger partial charge in [-0.3, -0.25) is 4.79 Å². The predicted octanol–water partition coefficient (Wildman–Crippen LogP) is 4.94. The van der Waals surface area contributed by atoms with Gasteiger partial charge in [-0.1, -0.05) is 48.5 Å². The van der Waals surface area contributed by atoms with Gasteiger partial charge in [0.15, 0.2) is 0 Å². The van der Waals surface area contributed by atoms with Crippen molar-refractivity contribution in [2.24, 2.45) is 5.10 Å². The molecule has 0 saturated heterocycles. The first-order valence-electron chi connectivity index (χ1n) is 10.0. The highest BCUT2D eigenvalue weighted by atomic mass is 16.2. The van der Waals surface area contributed by atoms with Gasteiger partial charge in [0.2, 0.25) is 0 Å². The number of nitrogens with zero attached hydrogens (tertiary/aromatic N) is 3. The number of nitrogens with one attached hydrogen (secondary N) is 1. The van der Waals surface area contributed by atoms with Gasteiger partial charge in [-0.25, -0.2) is 5.43 Å². The molecular formula is C26H22N4O. The van der Waals surface area contributed by atoms with Crippen molar-refractivity contribution in [3.8, 4) is 6.07 Å². The smallest absolute Gasteiger partial charge is 0.271 e. The molecule has 0 saturated carbocycles. The molecule has 152 valence electrons. The Bertz CT molecular complexity index is 1340. The van der Waals surface area contributed by atoms with E-state index in [1.807, 2.05) is 62.4 Å². The van der Waals surface area contributed by atoms with Crippen molar-refractivity contribution in [1.82, 2.24) is 9.99 Å². The molecule has 5 nitrogen and oxygen atoms in total. The van der Waals surface area contributed by atoms with Crippen molar-refractivity contribution in [2.75, 3.05) is 0 Å². The summed E-state index contributed by atoms with van der Waals surface area (Å²) < 4.78 is 2.20. The lowest BCUT2D eigenvalue weighted by atomic mass is 10.1. The van der Waals surface area contributed by atoms with Crippen LogP contribution in [-0.2, 0) is 6.54 Å². The molecule has 0 spiro atoms. The molecule has 0 unspecified atom stereocenters. The van der Waals surface area contributed by atoms with E-state index in [0.717, 1.165) is 33.3 Å². The highest BCUT2D eigenvalue weighted by Crippen LogP contribution is 2.25. The van der Waals surface area contributed by atoms with Crippen molar-refractivity contribution in [1.29, 1.82) is 5.26 Å². The van der Waals surface area contributed by atoms with Gasteiger partial charge in [-0.05, 0) is 49.2 Å². The zero-order chi connectivity index (χ0) is 21.8. The van der Waals surface area contributed by atoms with Crippen molar-refractivity contribution < 1.29 is 4.79 Å². The number of carbonyl (C=O) groups is 1. The van der Waals surface area contributed by atoms with E-state index in [2.05, 4.69) is 33.3 Å². The molecule has 0 bridgehead atoms. The van der Waals surface area contributed by atoms with Crippen LogP contribution < -0.4 is 5.43 Å². The van der Waals surface area contributed by atoms with Crippen LogP contribution >= 0.6 is 0 Å². The second kappa shape index (κ2) is 8.68. The number of hydrogen-bond donors (Lipinski definition) is 1. The van der Waals surface area contributed by atoms with E-state index in [1.165, 1.54) is 0 Å². The average Bonchev–Trinajstić information content (AvgIpc) is 3.05. The van der Waals surface area contributed by atoms with Crippen LogP contribution in [0.5, 0.6) is 0 Å². The molecule has 0 radical (unpaired) electrons. The summed E-state index contributed by atoms with van der Waals surface area (Å²) in [6.45, 7) is 4.58. The molecule has 31 heavy (non-hydrogen) atoms. The number of rotatable bonds is 5. The lowest BCUT2D eigenvalue weighted by molar-refractivity contribution is 0.0954. The number of benzene rings is 3. The van der Waals surface area contributed by atoms with E-state index in [9.17, 15) is 10.1 Å². The van der Waals surface area contributed by atoms with Crippen LogP contribution in [0.1, 0.15) is 38.3 Å². The van der Waals surface area contributed by atoms with Gasteiger partial charge in [0.05, 0.1) is 17.8 Å². The maximum absolute atomic E-state index is 12.5. The minimum absolute atomic E-state index is 0.232. The number of aryl methyl sites for hydroxylation is 1. The van der Waals surface area contributed by atoms with Crippen molar-refractivity contribution >= 4 is 23.0 Å². The molecule has 4 aromatic rings. The molecule has 5 heteroatoms. The van der Waals surface area contributed by atoms with Gasteiger partial charge in [0.25, 0.3) is 5.91 Å². The van der Waals surface area contributed by atoms with Gasteiger partial charge in [0, 0.05) is 34.3 Å². The second-order valence-electron chi connectivity index (χ2n) is 7.43. The van der Waals surface area contributed by atoms with Crippen LogP contribution in [-0.4, -0.2) is 16.7 Å². The molecule has 0 aliphatic heterocycles. The number of para-hydroxylation sites is 1. The number of fused-ring (bicyclic) bond motifs is 1. The Labute approximate surface area is 181 Å². The Balaban J connectivity index is 1.65. The molecule has 0 fully saturated rings. The maximum atomic E-state index is 12.5. The van der Waals surface area contributed by atoms with E-state index < -0.39 is 0 Å². The third kappa shape index (κ3) is 4.10. The minimum atomic E-state index is -0.232. The molecule has 1 amide bonds. The molecule has 1 heterocycles. The fraction of sp³-hybridized carbons (Fsp3) is 0.115. The summed E-state index contributed by atoms with van der Waals surface area (Å²) in [4.78, 5) is 12.5. The zero-order valence-electron chi connectivity index (χ0n) is 17.5. The van der Waals surface area contributed by atoms with Crippen LogP contribution in [0.3, 0.4) is 0 Å². The first-order valence-corrected chi connectivity index (χ1v) is 10.0. The molecule has 0 atom stereocenters. The van der Waals surface area contributed by atoms with Gasteiger partial charge < -0.3 is 4.57 Å². The van der Waals surface area contributed by atoms with Gasteiger partial charge in [0.1, 0.15) is 0 Å². The SMILES string of the molecule is Cc1ccccc1C(=O)N/N=C\c1c(C)n(Cc2cccc(C#N)c2)c2ccccc12. The fourth-order valence-corrected chi connectivity index (χ4v) is 3.79. The Morgan fingerprint density at radius 2 is 1.84 bits per heavy atom. The maximum Gasteiger partial charge on any atom is 0.271 e. The molecule has 1 N–H and O–H groups in total. The fourth-order valence-electron chi connectivity index (χ4n) is 3.79. The standard InChI is InChI=1S/C26H22N4O/c1-18-8-3-4-11-22(18)26(31)29-28-16-24-19(2)30(25-13-6-5-12-23(24)25)17-21-10-7-9-20(14-21)15-27/h3-14,16H,17H2,1-2H3,(H,29,31)/b28-16-. The number of nitriles is 1. The molecule has 0 aliphatic rings. The van der Waals surface area contributed by atoms with E-state index in [0.29, 0.717) is 17.7 Å². The lowest BCUT2D eigenvalue weighted by Crippen LogP contribution is -2.18. The van der Waals surface area contributed by atoms with E-state index >= 15 is 0 Å². The minimum Gasteiger partial charge on any atom is -0.340 e. The quantitative estimate of drug-likeness (QED) is 0.377. The zero-order valence-corrected chi connectivity index (χ0v) is 17.5. The number of hydrazone groups is 1. The Kier molecular flexibility index (Phi) is 5.63. The summed E-state index contributed by atoms with van der Waals surface area (Å²) >= 11 is 0. The summed E-state index contributed by atoms with van der Waals surface area (Å²) in [7, 11) is 0. The van der Waals surface area contributed by atoms with E-state index in [-0.39, 0.29) is 5.91 Å². The Morgan fingerprint density at radius 1 is 1.06 bits per heavy atom. The summed E-state index contributed by atoms with van der Waals surface area (Å²) in [6, 6.07) is 25.4. The molecule has 1 aromatic heterocycles. The van der Waals surface area contributed by atoms with Crippen LogP contribution in [0.15, 0.2) is 77.9 Å². The van der Waals surface area contributed by atoms with Crippen LogP contribution in [0.25, 0.3) is 10.9 Å². The van der Waals surface area contributed by atoms with Crippen molar-refractivity contribution in [2.45, 2.75) is 20.4 Å². The average molecular weight is 406 g/mol. The summed E-state index contributed by atoms with van der Waals surface area (Å²) in [5, 5.41) is 14.5. The Morgan fingerprint density at radius 3 is 2.65 bits per heavy atom. The summed E-state index contributed by atoms with van der Waals surface area (Å²) in [5.74, 6) is -0.232. The summed E-state index contributed by atoms with van der Waals surface area (Å²) in [5.41, 5.74) is 8.93.